The minimum absolute atomic E-state index is 0.00623. The Labute approximate surface area is 174 Å². The molecule has 156 valence electrons. The van der Waals surface area contributed by atoms with Crippen molar-refractivity contribution in [3.05, 3.63) is 65.7 Å². The number of piperidine rings is 1. The van der Waals surface area contributed by atoms with Gasteiger partial charge in [0, 0.05) is 32.2 Å². The van der Waals surface area contributed by atoms with Crippen molar-refractivity contribution in [1.29, 1.82) is 0 Å². The van der Waals surface area contributed by atoms with Gasteiger partial charge in [0.05, 0.1) is 13.2 Å². The molecule has 2 amide bonds. The predicted molar refractivity (Wildman–Crippen MR) is 117 cm³/mol. The monoisotopic (exact) mass is 395 g/mol. The molecule has 29 heavy (non-hydrogen) atoms. The second kappa shape index (κ2) is 10.3. The van der Waals surface area contributed by atoms with E-state index in [1.807, 2.05) is 36.1 Å². The molecule has 1 heterocycles. The second-order valence-electron chi connectivity index (χ2n) is 7.72. The summed E-state index contributed by atoms with van der Waals surface area (Å²) in [6.45, 7) is 7.76. The van der Waals surface area contributed by atoms with E-state index in [0.717, 1.165) is 43.8 Å². The Morgan fingerprint density at radius 2 is 1.90 bits per heavy atom. The fourth-order valence-electron chi connectivity index (χ4n) is 4.01. The van der Waals surface area contributed by atoms with E-state index < -0.39 is 0 Å². The van der Waals surface area contributed by atoms with Gasteiger partial charge in [0.15, 0.2) is 0 Å². The highest BCUT2D eigenvalue weighted by Gasteiger charge is 2.25. The van der Waals surface area contributed by atoms with Crippen LogP contribution in [0.3, 0.4) is 0 Å². The number of methoxy groups -OCH3 is 1. The van der Waals surface area contributed by atoms with Crippen molar-refractivity contribution in [3.63, 3.8) is 0 Å². The quantitative estimate of drug-likeness (QED) is 0.753. The average Bonchev–Trinajstić information content (AvgIpc) is 2.76. The Hall–Kier alpha value is -2.53. The molecule has 0 aromatic heterocycles. The van der Waals surface area contributed by atoms with Crippen molar-refractivity contribution < 1.29 is 9.53 Å². The van der Waals surface area contributed by atoms with Gasteiger partial charge in [-0.05, 0) is 49.9 Å². The number of amides is 2. The van der Waals surface area contributed by atoms with Crippen molar-refractivity contribution in [2.45, 2.75) is 45.3 Å². The molecule has 2 aromatic rings. The van der Waals surface area contributed by atoms with E-state index in [0.29, 0.717) is 6.54 Å². The lowest BCUT2D eigenvalue weighted by atomic mass is 10.0. The van der Waals surface area contributed by atoms with E-state index in [-0.39, 0.29) is 18.1 Å². The molecule has 5 heteroatoms. The van der Waals surface area contributed by atoms with Gasteiger partial charge in [-0.25, -0.2) is 4.79 Å². The zero-order valence-electron chi connectivity index (χ0n) is 17.8. The van der Waals surface area contributed by atoms with Crippen molar-refractivity contribution in [3.8, 4) is 5.75 Å². The second-order valence-corrected chi connectivity index (χ2v) is 7.72. The molecule has 0 radical (unpaired) electrons. The fourth-order valence-corrected chi connectivity index (χ4v) is 4.01. The van der Waals surface area contributed by atoms with E-state index in [1.54, 1.807) is 7.11 Å². The molecular weight excluding hydrogens is 362 g/mol. The Morgan fingerprint density at radius 3 is 2.55 bits per heavy atom. The van der Waals surface area contributed by atoms with Crippen LogP contribution in [0.25, 0.3) is 0 Å². The molecule has 0 aliphatic carbocycles. The summed E-state index contributed by atoms with van der Waals surface area (Å²) in [6, 6.07) is 18.8. The number of likely N-dealkylation sites (tertiary alicyclic amines) is 1. The van der Waals surface area contributed by atoms with Gasteiger partial charge in [0.1, 0.15) is 5.75 Å². The normalized spacial score (nSPS) is 16.2. The largest absolute Gasteiger partial charge is 0.497 e. The van der Waals surface area contributed by atoms with Crippen LogP contribution in [0.1, 0.15) is 43.9 Å². The smallest absolute Gasteiger partial charge is 0.318 e. The summed E-state index contributed by atoms with van der Waals surface area (Å²) in [6.07, 6.45) is 1.98. The van der Waals surface area contributed by atoms with Crippen LogP contribution in [0.5, 0.6) is 5.75 Å². The molecule has 1 unspecified atom stereocenters. The zero-order chi connectivity index (χ0) is 20.6. The van der Waals surface area contributed by atoms with Crippen LogP contribution in [-0.2, 0) is 6.54 Å². The third-order valence-electron chi connectivity index (χ3n) is 5.81. The number of benzene rings is 2. The molecule has 1 aliphatic heterocycles. The molecule has 0 saturated carbocycles. The van der Waals surface area contributed by atoms with E-state index in [4.69, 9.17) is 4.74 Å². The summed E-state index contributed by atoms with van der Waals surface area (Å²) < 4.78 is 5.33. The highest BCUT2D eigenvalue weighted by molar-refractivity contribution is 5.75. The standard InChI is InChI=1S/C24H33N3O2/c1-4-27(19(2)21-11-8-12-23(17-21)29-3)24(28)25-22-13-15-26(16-14-22)18-20-9-6-5-7-10-20/h5-12,17,19,22H,4,13-16,18H2,1-3H3,(H,25,28). The fraction of sp³-hybridized carbons (Fsp3) is 0.458. The highest BCUT2D eigenvalue weighted by atomic mass is 16.5. The molecule has 1 N–H and O–H groups in total. The summed E-state index contributed by atoms with van der Waals surface area (Å²) in [7, 11) is 1.66. The lowest BCUT2D eigenvalue weighted by Crippen LogP contribution is -2.49. The van der Waals surface area contributed by atoms with Crippen molar-refractivity contribution >= 4 is 6.03 Å². The number of carbonyl (C=O) groups excluding carboxylic acids is 1. The first kappa shape index (κ1) is 21.2. The van der Waals surface area contributed by atoms with Gasteiger partial charge < -0.3 is 15.0 Å². The number of urea groups is 1. The van der Waals surface area contributed by atoms with Crippen LogP contribution in [0, 0.1) is 0 Å². The predicted octanol–water partition coefficient (Wildman–Crippen LogP) is 4.45. The van der Waals surface area contributed by atoms with E-state index in [9.17, 15) is 4.79 Å². The molecule has 2 aromatic carbocycles. The summed E-state index contributed by atoms with van der Waals surface area (Å²) in [5.41, 5.74) is 2.43. The maximum Gasteiger partial charge on any atom is 0.318 e. The number of rotatable bonds is 7. The molecule has 1 atom stereocenters. The molecule has 1 saturated heterocycles. The summed E-state index contributed by atoms with van der Waals surface area (Å²) in [4.78, 5) is 17.3. The maximum atomic E-state index is 13.0. The van der Waals surface area contributed by atoms with E-state index in [2.05, 4.69) is 47.5 Å². The maximum absolute atomic E-state index is 13.0. The first-order chi connectivity index (χ1) is 14.1. The Bertz CT molecular complexity index is 773. The number of hydrogen-bond donors (Lipinski definition) is 1. The van der Waals surface area contributed by atoms with Crippen LogP contribution in [-0.4, -0.2) is 48.6 Å². The van der Waals surface area contributed by atoms with Crippen molar-refractivity contribution in [1.82, 2.24) is 15.1 Å². The SMILES string of the molecule is CCN(C(=O)NC1CCN(Cc2ccccc2)CC1)C(C)c1cccc(OC)c1. The van der Waals surface area contributed by atoms with E-state index >= 15 is 0 Å². The summed E-state index contributed by atoms with van der Waals surface area (Å²) in [5.74, 6) is 0.816. The van der Waals surface area contributed by atoms with Crippen LogP contribution in [0.15, 0.2) is 54.6 Å². The van der Waals surface area contributed by atoms with Crippen LogP contribution in [0.4, 0.5) is 4.79 Å². The third kappa shape index (κ3) is 5.73. The lowest BCUT2D eigenvalue weighted by molar-refractivity contribution is 0.160. The zero-order valence-corrected chi connectivity index (χ0v) is 17.8. The van der Waals surface area contributed by atoms with Crippen LogP contribution >= 0.6 is 0 Å². The molecule has 1 aliphatic rings. The Kier molecular flexibility index (Phi) is 7.53. The highest BCUT2D eigenvalue weighted by Crippen LogP contribution is 2.24. The molecular formula is C24H33N3O2. The van der Waals surface area contributed by atoms with Gasteiger partial charge in [-0.2, -0.15) is 0 Å². The van der Waals surface area contributed by atoms with Gasteiger partial charge in [0.2, 0.25) is 0 Å². The average molecular weight is 396 g/mol. The number of nitrogens with zero attached hydrogens (tertiary/aromatic N) is 2. The van der Waals surface area contributed by atoms with E-state index in [1.165, 1.54) is 5.56 Å². The third-order valence-corrected chi connectivity index (χ3v) is 5.81. The molecule has 0 spiro atoms. The topological polar surface area (TPSA) is 44.8 Å². The van der Waals surface area contributed by atoms with Crippen molar-refractivity contribution in [2.75, 3.05) is 26.7 Å². The van der Waals surface area contributed by atoms with Crippen LogP contribution in [0.2, 0.25) is 0 Å². The molecule has 5 nitrogen and oxygen atoms in total. The van der Waals surface area contributed by atoms with Gasteiger partial charge in [0.25, 0.3) is 0 Å². The van der Waals surface area contributed by atoms with Gasteiger partial charge in [-0.15, -0.1) is 0 Å². The van der Waals surface area contributed by atoms with Crippen molar-refractivity contribution in [2.24, 2.45) is 0 Å². The lowest BCUT2D eigenvalue weighted by Gasteiger charge is -2.35. The number of carbonyl (C=O) groups is 1. The Morgan fingerprint density at radius 1 is 1.17 bits per heavy atom. The first-order valence-corrected chi connectivity index (χ1v) is 10.6. The first-order valence-electron chi connectivity index (χ1n) is 10.6. The van der Waals surface area contributed by atoms with Gasteiger partial charge in [-0.3, -0.25) is 4.90 Å². The van der Waals surface area contributed by atoms with Gasteiger partial charge in [-0.1, -0.05) is 42.5 Å². The van der Waals surface area contributed by atoms with Gasteiger partial charge >= 0.3 is 6.03 Å². The molecule has 3 rings (SSSR count). The number of ether oxygens (including phenoxy) is 1. The minimum atomic E-state index is -0.00623. The number of hydrogen-bond acceptors (Lipinski definition) is 3. The minimum Gasteiger partial charge on any atom is -0.497 e. The summed E-state index contributed by atoms with van der Waals surface area (Å²) >= 11 is 0. The molecule has 0 bridgehead atoms. The Balaban J connectivity index is 1.52. The number of nitrogens with one attached hydrogen (secondary N) is 1. The summed E-state index contributed by atoms with van der Waals surface area (Å²) in [5, 5.41) is 3.26. The molecule has 1 fully saturated rings. The van der Waals surface area contributed by atoms with Crippen LogP contribution < -0.4 is 10.1 Å².